The van der Waals surface area contributed by atoms with Gasteiger partial charge in [0, 0.05) is 74.7 Å². The zero-order chi connectivity index (χ0) is 58.3. The van der Waals surface area contributed by atoms with E-state index in [1.807, 2.05) is 0 Å². The predicted molar refractivity (Wildman–Crippen MR) is 354 cm³/mol. The fourth-order valence-corrected chi connectivity index (χ4v) is 15.3. The van der Waals surface area contributed by atoms with Gasteiger partial charge in [0.05, 0.1) is 45.6 Å². The third-order valence-electron chi connectivity index (χ3n) is 19.0. The molecule has 9 heteroatoms. The molecule has 0 saturated heterocycles. The summed E-state index contributed by atoms with van der Waals surface area (Å²) >= 11 is 0. The van der Waals surface area contributed by atoms with E-state index >= 15 is 0 Å². The van der Waals surface area contributed by atoms with Gasteiger partial charge in [0.1, 0.15) is 0 Å². The Morgan fingerprint density at radius 1 is 0.217 bits per heavy atom. The van der Waals surface area contributed by atoms with Crippen molar-refractivity contribution in [2.24, 2.45) is 0 Å². The van der Waals surface area contributed by atoms with E-state index in [0.717, 1.165) is 161 Å². The smallest absolute Gasteiger partial charge is 0.0726 e. The van der Waals surface area contributed by atoms with Gasteiger partial charge >= 0.3 is 0 Å². The number of H-pyrrole nitrogens is 4. The maximum atomic E-state index is 5.93. The Morgan fingerprint density at radius 2 is 0.386 bits per heavy atom. The topological polar surface area (TPSA) is 115 Å². The third kappa shape index (κ3) is 10.5. The van der Waals surface area contributed by atoms with E-state index < -0.39 is 0 Å². The Bertz CT molecular complexity index is 3500. The number of nitrogens with one attached hydrogen (secondary N) is 4. The molecule has 0 unspecified atom stereocenters. The average Bonchev–Trinajstić information content (AvgIpc) is 3.63. The predicted octanol–water partition coefficient (Wildman–Crippen LogP) is 20.1. The van der Waals surface area contributed by atoms with E-state index in [4.69, 9.17) is 19.9 Å². The molecular formula is C74H94N8Zn. The van der Waals surface area contributed by atoms with E-state index in [0.29, 0.717) is 0 Å². The van der Waals surface area contributed by atoms with Gasteiger partial charge in [-0.2, -0.15) is 0 Å². The Balaban J connectivity index is 0.00000828. The first-order valence-electron chi connectivity index (χ1n) is 32.4. The van der Waals surface area contributed by atoms with Crippen LogP contribution in [0.2, 0.25) is 0 Å². The van der Waals surface area contributed by atoms with E-state index in [9.17, 15) is 0 Å². The van der Waals surface area contributed by atoms with Crippen LogP contribution in [0, 0.1) is 0 Å². The summed E-state index contributed by atoms with van der Waals surface area (Å²) in [5.41, 5.74) is 42.4. The summed E-state index contributed by atoms with van der Waals surface area (Å²) in [6.07, 6.45) is 16.1. The molecule has 0 amide bonds. The van der Waals surface area contributed by atoms with Crippen molar-refractivity contribution in [2.75, 3.05) is 0 Å². The van der Waals surface area contributed by atoms with Crippen LogP contribution in [-0.2, 0) is 83.7 Å². The van der Waals surface area contributed by atoms with Gasteiger partial charge in [0.15, 0.2) is 0 Å². The van der Waals surface area contributed by atoms with Gasteiger partial charge in [-0.05, 0) is 241 Å². The van der Waals surface area contributed by atoms with Gasteiger partial charge < -0.3 is 19.9 Å². The largest absolute Gasteiger partial charge is 0.355 e. The number of nitrogens with zero attached hydrogens (tertiary/aromatic N) is 4. The van der Waals surface area contributed by atoms with Crippen LogP contribution in [0.4, 0.5) is 0 Å². The first-order valence-corrected chi connectivity index (χ1v) is 32.4. The number of hydrogen-bond acceptors (Lipinski definition) is 4. The molecule has 83 heavy (non-hydrogen) atoms. The van der Waals surface area contributed by atoms with Gasteiger partial charge in [-0.25, -0.2) is 19.9 Å². The monoisotopic (exact) mass is 1160 g/mol. The van der Waals surface area contributed by atoms with Gasteiger partial charge in [-0.15, -0.1) is 0 Å². The van der Waals surface area contributed by atoms with Crippen LogP contribution in [0.1, 0.15) is 263 Å². The molecule has 8 nitrogen and oxygen atoms in total. The summed E-state index contributed by atoms with van der Waals surface area (Å²) < 4.78 is 0. The first-order chi connectivity index (χ1) is 39.9. The Kier molecular flexibility index (Phi) is 19.2. The average molecular weight is 1160 g/mol. The zero-order valence-electron chi connectivity index (χ0n) is 53.7. The fraction of sp³-hybridized carbons (Fsp3) is 0.459. The molecule has 6 aromatic rings. The number of rotatable bonds is 19. The Hall–Kier alpha value is -6.18. The van der Waals surface area contributed by atoms with Crippen molar-refractivity contribution in [3.8, 4) is 0 Å². The third-order valence-corrected chi connectivity index (χ3v) is 19.0. The van der Waals surface area contributed by atoms with Crippen LogP contribution < -0.4 is 0 Å². The molecule has 10 rings (SSSR count). The Labute approximate surface area is 509 Å². The minimum absolute atomic E-state index is 0. The molecule has 0 saturated carbocycles. The summed E-state index contributed by atoms with van der Waals surface area (Å²) in [7, 11) is 0. The quantitative estimate of drug-likeness (QED) is 0.0605. The van der Waals surface area contributed by atoms with Crippen molar-refractivity contribution >= 4 is 88.7 Å². The second-order valence-corrected chi connectivity index (χ2v) is 22.8. The fourth-order valence-electron chi connectivity index (χ4n) is 15.3. The second-order valence-electron chi connectivity index (χ2n) is 22.8. The van der Waals surface area contributed by atoms with Crippen LogP contribution in [0.3, 0.4) is 0 Å². The summed E-state index contributed by atoms with van der Waals surface area (Å²) in [6, 6.07) is 14.3. The summed E-state index contributed by atoms with van der Waals surface area (Å²) in [4.78, 5) is 39.7. The number of fused-ring (bicyclic) bond motifs is 16. The Morgan fingerprint density at radius 3 is 0.542 bits per heavy atom. The minimum atomic E-state index is 0. The van der Waals surface area contributed by atoms with Crippen molar-refractivity contribution < 1.29 is 19.5 Å². The molecule has 0 radical (unpaired) electrons. The normalized spacial score (nSPS) is 13.6. The van der Waals surface area contributed by atoms with Crippen LogP contribution in [0.15, 0.2) is 36.4 Å². The molecule has 4 N–H and O–H groups in total. The van der Waals surface area contributed by atoms with Crippen molar-refractivity contribution in [1.29, 1.82) is 0 Å². The number of aromatic amines is 4. The van der Waals surface area contributed by atoms with Crippen LogP contribution in [-0.4, -0.2) is 39.9 Å². The SMILES string of the molecule is CCC1=C(CC)c2nc1cc1[nH]c(cc3[nH]c(cc4nc(c2CCc2c5nc(cc6[nH]c(cc7[nH]c(cc8nc2C(CC)=C8CC)c(CC)c7CC)c(CC)c6CC)C(CC)=C5CC)C(CC)=C4CC)c(CC)c3CC)c(CC)c1CC.[Zn]. The summed E-state index contributed by atoms with van der Waals surface area (Å²) in [5.74, 6) is 0. The van der Waals surface area contributed by atoms with Crippen LogP contribution in [0.25, 0.3) is 88.7 Å². The molecule has 0 aromatic carbocycles. The van der Waals surface area contributed by atoms with Crippen LogP contribution in [0.5, 0.6) is 0 Å². The van der Waals surface area contributed by atoms with Gasteiger partial charge in [0.25, 0.3) is 0 Å². The second kappa shape index (κ2) is 26.0. The standard InChI is InChI=1S/C74H94N8.Zn/c1-17-41-45(21-5)63-37-67-49(25-9)53(29-13)71(79-67)57(72-54(30-14)50(26-10)68(80-72)38-64-46(22-6)42(18-2)60(76-64)35-59(41)75-63)33-34-58-73-55(31-15)51(27-11)69(81-73)39-65-47(23-7)43(19-3)61(77-65)36-62-44(20-4)48(24-8)66(78-62)40-70-52(28-12)56(32-16)74(58)82-70;/h35-40,75-78H,17-34H2,1-16H3;. The molecule has 4 aliphatic heterocycles. The molecule has 0 fully saturated rings. The van der Waals surface area contributed by atoms with Crippen molar-refractivity contribution in [1.82, 2.24) is 39.9 Å². The molecule has 10 heterocycles. The van der Waals surface area contributed by atoms with Crippen molar-refractivity contribution in [2.45, 2.75) is 226 Å². The molecule has 6 aromatic heterocycles. The molecule has 0 spiro atoms. The van der Waals surface area contributed by atoms with Gasteiger partial charge in [0.2, 0.25) is 0 Å². The number of allylic oxidation sites excluding steroid dienone is 8. The van der Waals surface area contributed by atoms with E-state index in [1.54, 1.807) is 0 Å². The van der Waals surface area contributed by atoms with Crippen molar-refractivity contribution in [3.05, 3.63) is 138 Å². The van der Waals surface area contributed by atoms with Crippen molar-refractivity contribution in [3.63, 3.8) is 0 Å². The minimum Gasteiger partial charge on any atom is -0.355 e. The molecule has 16 bridgehead atoms. The first kappa shape index (κ1) is 61.4. The summed E-state index contributed by atoms with van der Waals surface area (Å²) in [6.45, 7) is 37.1. The van der Waals surface area contributed by atoms with E-state index in [2.05, 4.69) is 167 Å². The maximum absolute atomic E-state index is 5.93. The number of hydrogen-bond donors (Lipinski definition) is 4. The molecular weight excluding hydrogens is 1070 g/mol. The number of aryl methyl sites for hydroxylation is 8. The molecule has 0 aliphatic carbocycles. The molecule has 432 valence electrons. The zero-order valence-corrected chi connectivity index (χ0v) is 56.7. The van der Waals surface area contributed by atoms with E-state index in [-0.39, 0.29) is 19.5 Å². The summed E-state index contributed by atoms with van der Waals surface area (Å²) in [5, 5.41) is 0. The number of aromatic nitrogens is 8. The van der Waals surface area contributed by atoms with Crippen LogP contribution >= 0.6 is 0 Å². The molecule has 0 atom stereocenters. The van der Waals surface area contributed by atoms with Gasteiger partial charge in [-0.3, -0.25) is 0 Å². The molecule has 4 aliphatic rings. The maximum Gasteiger partial charge on any atom is 0.0726 e. The van der Waals surface area contributed by atoms with Gasteiger partial charge in [-0.1, -0.05) is 111 Å². The van der Waals surface area contributed by atoms with E-state index in [1.165, 1.54) is 144 Å².